The van der Waals surface area contributed by atoms with Gasteiger partial charge in [0.25, 0.3) is 0 Å². The van der Waals surface area contributed by atoms with Crippen LogP contribution in [-0.2, 0) is 4.79 Å². The summed E-state index contributed by atoms with van der Waals surface area (Å²) in [6.07, 6.45) is 6.78. The molecular formula is C21H21N5O. The molecule has 1 fully saturated rings. The van der Waals surface area contributed by atoms with Crippen molar-refractivity contribution < 1.29 is 4.79 Å². The smallest absolute Gasteiger partial charge is 0.229 e. The maximum atomic E-state index is 12.6. The van der Waals surface area contributed by atoms with Gasteiger partial charge >= 0.3 is 0 Å². The quantitative estimate of drug-likeness (QED) is 0.773. The third-order valence-corrected chi connectivity index (χ3v) is 4.79. The summed E-state index contributed by atoms with van der Waals surface area (Å²) in [5.74, 6) is 0.843. The molecule has 6 nitrogen and oxygen atoms in total. The minimum Gasteiger partial charge on any atom is -0.356 e. The van der Waals surface area contributed by atoms with E-state index in [0.29, 0.717) is 6.54 Å². The van der Waals surface area contributed by atoms with Gasteiger partial charge in [0.2, 0.25) is 5.91 Å². The van der Waals surface area contributed by atoms with Crippen LogP contribution in [0.1, 0.15) is 12.8 Å². The van der Waals surface area contributed by atoms with Gasteiger partial charge in [0.05, 0.1) is 11.6 Å². The summed E-state index contributed by atoms with van der Waals surface area (Å²) in [4.78, 5) is 27.6. The Kier molecular flexibility index (Phi) is 5.05. The van der Waals surface area contributed by atoms with E-state index in [1.54, 1.807) is 30.9 Å². The second-order valence-electron chi connectivity index (χ2n) is 6.64. The van der Waals surface area contributed by atoms with Crippen LogP contribution in [0.4, 0.5) is 11.5 Å². The highest BCUT2D eigenvalue weighted by Gasteiger charge is 2.26. The van der Waals surface area contributed by atoms with E-state index in [0.717, 1.165) is 42.1 Å². The summed E-state index contributed by atoms with van der Waals surface area (Å²) in [6, 6.07) is 15.7. The number of anilines is 2. The number of carbonyl (C=O) groups is 1. The maximum Gasteiger partial charge on any atom is 0.229 e. The van der Waals surface area contributed by atoms with E-state index in [1.165, 1.54) is 0 Å². The van der Waals surface area contributed by atoms with Gasteiger partial charge in [-0.15, -0.1) is 0 Å². The lowest BCUT2D eigenvalue weighted by Gasteiger charge is -2.33. The topological polar surface area (TPSA) is 71.0 Å². The average molecular weight is 359 g/mol. The van der Waals surface area contributed by atoms with E-state index in [4.69, 9.17) is 0 Å². The highest BCUT2D eigenvalue weighted by molar-refractivity contribution is 5.93. The van der Waals surface area contributed by atoms with Gasteiger partial charge in [0.15, 0.2) is 0 Å². The minimum atomic E-state index is -0.0675. The van der Waals surface area contributed by atoms with Gasteiger partial charge in [-0.1, -0.05) is 30.3 Å². The lowest BCUT2D eigenvalue weighted by atomic mass is 9.97. The van der Waals surface area contributed by atoms with Crippen LogP contribution in [0.2, 0.25) is 0 Å². The number of piperidine rings is 1. The van der Waals surface area contributed by atoms with Crippen LogP contribution >= 0.6 is 0 Å². The molecule has 1 unspecified atom stereocenters. The first-order valence-corrected chi connectivity index (χ1v) is 9.13. The predicted octanol–water partition coefficient (Wildman–Crippen LogP) is 3.39. The van der Waals surface area contributed by atoms with Crippen LogP contribution in [0.3, 0.4) is 0 Å². The molecule has 3 aromatic rings. The Morgan fingerprint density at radius 3 is 2.70 bits per heavy atom. The average Bonchev–Trinajstić information content (AvgIpc) is 2.75. The van der Waals surface area contributed by atoms with E-state index in [2.05, 4.69) is 25.2 Å². The number of nitrogens with zero attached hydrogens (tertiary/aromatic N) is 4. The molecule has 1 N–H and O–H groups in total. The van der Waals surface area contributed by atoms with Gasteiger partial charge in [-0.25, -0.2) is 9.97 Å². The van der Waals surface area contributed by atoms with Gasteiger partial charge in [-0.2, -0.15) is 0 Å². The zero-order chi connectivity index (χ0) is 18.5. The molecule has 0 spiro atoms. The normalized spacial score (nSPS) is 16.7. The predicted molar refractivity (Wildman–Crippen MR) is 105 cm³/mol. The molecule has 2 aromatic heterocycles. The Balaban J connectivity index is 1.47. The molecule has 1 aliphatic heterocycles. The number of nitrogens with one attached hydrogen (secondary N) is 1. The van der Waals surface area contributed by atoms with Gasteiger partial charge in [-0.05, 0) is 25.0 Å². The fourth-order valence-electron chi connectivity index (χ4n) is 3.37. The number of rotatable bonds is 4. The number of pyridine rings is 1. The number of carbonyl (C=O) groups excluding carboxylic acids is 1. The molecular weight excluding hydrogens is 338 g/mol. The van der Waals surface area contributed by atoms with Crippen LogP contribution < -0.4 is 10.2 Å². The fourth-order valence-corrected chi connectivity index (χ4v) is 3.37. The zero-order valence-electron chi connectivity index (χ0n) is 15.0. The van der Waals surface area contributed by atoms with E-state index in [-0.39, 0.29) is 11.8 Å². The maximum absolute atomic E-state index is 12.6. The lowest BCUT2D eigenvalue weighted by molar-refractivity contribution is -0.120. The monoisotopic (exact) mass is 359 g/mol. The summed E-state index contributed by atoms with van der Waals surface area (Å²) in [7, 11) is 0. The molecule has 1 aromatic carbocycles. The molecule has 0 radical (unpaired) electrons. The molecule has 1 atom stereocenters. The Bertz CT molecular complexity index is 901. The molecule has 1 saturated heterocycles. The molecule has 6 heteroatoms. The zero-order valence-corrected chi connectivity index (χ0v) is 15.0. The Hall–Kier alpha value is -3.28. The fraction of sp³-hybridized carbons (Fsp3) is 0.238. The van der Waals surface area contributed by atoms with Crippen molar-refractivity contribution in [2.45, 2.75) is 12.8 Å². The second kappa shape index (κ2) is 7.95. The van der Waals surface area contributed by atoms with E-state index in [1.807, 2.05) is 36.4 Å². The van der Waals surface area contributed by atoms with Crippen LogP contribution in [0.15, 0.2) is 67.3 Å². The summed E-state index contributed by atoms with van der Waals surface area (Å²) in [5.41, 5.74) is 2.73. The minimum absolute atomic E-state index is 0.0447. The largest absolute Gasteiger partial charge is 0.356 e. The van der Waals surface area contributed by atoms with Crippen molar-refractivity contribution in [3.05, 3.63) is 67.3 Å². The van der Waals surface area contributed by atoms with Crippen molar-refractivity contribution in [3.8, 4) is 11.3 Å². The molecule has 1 amide bonds. The Labute approximate surface area is 158 Å². The molecule has 4 rings (SSSR count). The molecule has 0 bridgehead atoms. The number of hydrogen-bond acceptors (Lipinski definition) is 5. The van der Waals surface area contributed by atoms with E-state index >= 15 is 0 Å². The Morgan fingerprint density at radius 2 is 1.89 bits per heavy atom. The highest BCUT2D eigenvalue weighted by atomic mass is 16.1. The first-order valence-electron chi connectivity index (χ1n) is 9.13. The molecule has 0 aliphatic carbocycles. The van der Waals surface area contributed by atoms with Crippen molar-refractivity contribution >= 4 is 17.4 Å². The summed E-state index contributed by atoms with van der Waals surface area (Å²) >= 11 is 0. The number of aromatic nitrogens is 3. The molecule has 0 saturated carbocycles. The number of hydrogen-bond donors (Lipinski definition) is 1. The van der Waals surface area contributed by atoms with Crippen molar-refractivity contribution in [1.29, 1.82) is 0 Å². The van der Waals surface area contributed by atoms with Crippen LogP contribution in [0, 0.1) is 5.92 Å². The highest BCUT2D eigenvalue weighted by Crippen LogP contribution is 2.25. The van der Waals surface area contributed by atoms with Crippen molar-refractivity contribution in [1.82, 2.24) is 15.0 Å². The van der Waals surface area contributed by atoms with Gasteiger partial charge in [-0.3, -0.25) is 9.78 Å². The first kappa shape index (κ1) is 17.1. The molecule has 1 aliphatic rings. The Morgan fingerprint density at radius 1 is 1.07 bits per heavy atom. The molecule has 3 heterocycles. The van der Waals surface area contributed by atoms with Crippen LogP contribution in [0.25, 0.3) is 11.3 Å². The van der Waals surface area contributed by atoms with E-state index in [9.17, 15) is 4.79 Å². The van der Waals surface area contributed by atoms with Gasteiger partial charge in [0, 0.05) is 42.8 Å². The standard InChI is InChI=1S/C21H21N5O/c27-21(25-18-8-10-22-11-9-18)17-7-4-12-26(14-17)20-13-19(23-15-24-20)16-5-2-1-3-6-16/h1-3,5-6,8-11,13,15,17H,4,7,12,14H2,(H,22,25,27). The van der Waals surface area contributed by atoms with E-state index < -0.39 is 0 Å². The van der Waals surface area contributed by atoms with Crippen LogP contribution in [0.5, 0.6) is 0 Å². The van der Waals surface area contributed by atoms with Crippen molar-refractivity contribution in [2.24, 2.45) is 5.92 Å². The summed E-state index contributed by atoms with van der Waals surface area (Å²) in [5, 5.41) is 2.98. The number of amides is 1. The van der Waals surface area contributed by atoms with Gasteiger partial charge in [0.1, 0.15) is 12.1 Å². The second-order valence-corrected chi connectivity index (χ2v) is 6.64. The molecule has 136 valence electrons. The lowest BCUT2D eigenvalue weighted by Crippen LogP contribution is -2.41. The molecule has 27 heavy (non-hydrogen) atoms. The SMILES string of the molecule is O=C(Nc1ccncc1)C1CCCN(c2cc(-c3ccccc3)ncn2)C1. The summed E-state index contributed by atoms with van der Waals surface area (Å²) < 4.78 is 0. The first-order chi connectivity index (χ1) is 13.3. The third kappa shape index (κ3) is 4.11. The van der Waals surface area contributed by atoms with Crippen LogP contribution in [-0.4, -0.2) is 33.9 Å². The van der Waals surface area contributed by atoms with Crippen molar-refractivity contribution in [3.63, 3.8) is 0 Å². The number of benzene rings is 1. The third-order valence-electron chi connectivity index (χ3n) is 4.79. The van der Waals surface area contributed by atoms with Gasteiger partial charge < -0.3 is 10.2 Å². The van der Waals surface area contributed by atoms with Crippen molar-refractivity contribution in [2.75, 3.05) is 23.3 Å². The summed E-state index contributed by atoms with van der Waals surface area (Å²) in [6.45, 7) is 1.55.